The Morgan fingerprint density at radius 2 is 1.00 bits per heavy atom. The Morgan fingerprint density at radius 3 is 1.43 bits per heavy atom. The molecule has 30 heavy (non-hydrogen) atoms. The molecule has 0 aromatic heterocycles. The van der Waals surface area contributed by atoms with Gasteiger partial charge in [-0.15, -0.1) is 0 Å². The van der Waals surface area contributed by atoms with Crippen LogP contribution in [0.3, 0.4) is 0 Å². The quantitative estimate of drug-likeness (QED) is 0.0888. The first-order chi connectivity index (χ1) is 14.7. The highest BCUT2D eigenvalue weighted by atomic mass is 79.9. The highest BCUT2D eigenvalue weighted by Gasteiger charge is 2.10. The van der Waals surface area contributed by atoms with Gasteiger partial charge in [0.05, 0.1) is 0 Å². The normalized spacial score (nSPS) is 12.9. The molecule has 0 aliphatic carbocycles. The number of unbranched alkanes of at least 4 members (excludes halogenated alkanes) is 16. The van der Waals surface area contributed by atoms with E-state index in [0.29, 0.717) is 6.42 Å². The molecule has 0 bridgehead atoms. The van der Waals surface area contributed by atoms with E-state index in [4.69, 9.17) is 5.11 Å². The maximum absolute atomic E-state index is 10.7. The molecule has 0 saturated carbocycles. The Hall–Kier alpha value is -0.570. The third-order valence-electron chi connectivity index (χ3n) is 5.66. The molecule has 0 amide bonds. The zero-order valence-electron chi connectivity index (χ0n) is 19.8. The summed E-state index contributed by atoms with van der Waals surface area (Å²) >= 11 is 3.16. The van der Waals surface area contributed by atoms with E-state index in [0.717, 1.165) is 19.3 Å². The van der Waals surface area contributed by atoms with E-state index in [2.05, 4.69) is 47.2 Å². The monoisotopic (exact) mass is 484 g/mol. The fraction of sp³-hybridized carbons (Fsp3) is 0.815. The number of hydrogen-bond donors (Lipinski definition) is 1. The molecule has 0 aliphatic rings. The van der Waals surface area contributed by atoms with Gasteiger partial charge in [0, 0.05) is 0 Å². The first-order valence-corrected chi connectivity index (χ1v) is 13.8. The maximum atomic E-state index is 10.7. The van der Waals surface area contributed by atoms with E-state index in [1.165, 1.54) is 103 Å². The lowest BCUT2D eigenvalue weighted by Crippen LogP contribution is -2.11. The Kier molecular flexibility index (Phi) is 24.2. The van der Waals surface area contributed by atoms with Gasteiger partial charge in [-0.25, -0.2) is 0 Å². The lowest BCUT2D eigenvalue weighted by Gasteiger charge is -2.03. The first kappa shape index (κ1) is 29.4. The zero-order chi connectivity index (χ0) is 22.1. The van der Waals surface area contributed by atoms with Crippen molar-refractivity contribution in [1.82, 2.24) is 0 Å². The molecule has 0 fully saturated rings. The van der Waals surface area contributed by atoms with Gasteiger partial charge in [-0.05, 0) is 38.5 Å². The molecule has 3 heteroatoms. The second-order valence-corrected chi connectivity index (χ2v) is 9.75. The van der Waals surface area contributed by atoms with Crippen LogP contribution in [0.25, 0.3) is 0 Å². The van der Waals surface area contributed by atoms with Gasteiger partial charge >= 0.3 is 5.97 Å². The van der Waals surface area contributed by atoms with Gasteiger partial charge < -0.3 is 5.11 Å². The molecule has 0 aromatic rings. The van der Waals surface area contributed by atoms with E-state index in [-0.39, 0.29) is 0 Å². The topological polar surface area (TPSA) is 37.3 Å². The molecule has 1 atom stereocenters. The van der Waals surface area contributed by atoms with Crippen molar-refractivity contribution in [3.05, 3.63) is 24.3 Å². The van der Waals surface area contributed by atoms with Crippen LogP contribution in [0.4, 0.5) is 0 Å². The van der Waals surface area contributed by atoms with Crippen molar-refractivity contribution >= 4 is 21.9 Å². The SMILES string of the molecule is CCCCCCCCCCCCCCCCCC=CCCC=CCCC(Br)C(=O)O. The predicted molar refractivity (Wildman–Crippen MR) is 137 cm³/mol. The Balaban J connectivity index is 3.19. The van der Waals surface area contributed by atoms with E-state index in [1.54, 1.807) is 0 Å². The molecule has 0 heterocycles. The lowest BCUT2D eigenvalue weighted by molar-refractivity contribution is -0.136. The predicted octanol–water partition coefficient (Wildman–Crippen LogP) is 9.77. The summed E-state index contributed by atoms with van der Waals surface area (Å²) in [7, 11) is 0. The number of carbonyl (C=O) groups is 1. The summed E-state index contributed by atoms with van der Waals surface area (Å²) in [6.07, 6.45) is 35.0. The van der Waals surface area contributed by atoms with Crippen molar-refractivity contribution in [1.29, 1.82) is 0 Å². The van der Waals surface area contributed by atoms with Crippen LogP contribution in [0.2, 0.25) is 0 Å². The summed E-state index contributed by atoms with van der Waals surface area (Å²) in [6.45, 7) is 2.29. The van der Waals surface area contributed by atoms with Crippen LogP contribution >= 0.6 is 15.9 Å². The molecule has 0 rings (SSSR count). The van der Waals surface area contributed by atoms with Crippen LogP contribution in [0.5, 0.6) is 0 Å². The number of allylic oxidation sites excluding steroid dienone is 4. The Labute approximate surface area is 196 Å². The highest BCUT2D eigenvalue weighted by molar-refractivity contribution is 9.10. The van der Waals surface area contributed by atoms with E-state index >= 15 is 0 Å². The van der Waals surface area contributed by atoms with Crippen molar-refractivity contribution in [2.75, 3.05) is 0 Å². The molecule has 0 spiro atoms. The highest BCUT2D eigenvalue weighted by Crippen LogP contribution is 2.14. The molecular formula is C27H49BrO2. The van der Waals surface area contributed by atoms with Gasteiger partial charge in [0.15, 0.2) is 0 Å². The minimum Gasteiger partial charge on any atom is -0.480 e. The van der Waals surface area contributed by atoms with Crippen molar-refractivity contribution in [3.8, 4) is 0 Å². The minimum atomic E-state index is -0.773. The van der Waals surface area contributed by atoms with Crippen molar-refractivity contribution < 1.29 is 9.90 Å². The summed E-state index contributed by atoms with van der Waals surface area (Å²) < 4.78 is 0. The van der Waals surface area contributed by atoms with E-state index < -0.39 is 10.8 Å². The van der Waals surface area contributed by atoms with Crippen LogP contribution in [0.15, 0.2) is 24.3 Å². The van der Waals surface area contributed by atoms with Gasteiger partial charge in [0.25, 0.3) is 0 Å². The molecular weight excluding hydrogens is 436 g/mol. The van der Waals surface area contributed by atoms with Crippen molar-refractivity contribution in [2.24, 2.45) is 0 Å². The molecule has 1 N–H and O–H groups in total. The Bertz CT molecular complexity index is 417. The van der Waals surface area contributed by atoms with Gasteiger partial charge in [0.1, 0.15) is 4.83 Å². The maximum Gasteiger partial charge on any atom is 0.317 e. The van der Waals surface area contributed by atoms with Gasteiger partial charge in [-0.1, -0.05) is 137 Å². The standard InChI is InChI=1S/C27H49BrO2/c1-2-3-4-5-6-7-8-9-10-11-12-13-14-15-16-17-18-19-20-21-22-23-24-25-26(28)27(29)30/h18-19,22-23,26H,2-17,20-21,24-25H2,1H3,(H,29,30). The third kappa shape index (κ3) is 23.7. The number of alkyl halides is 1. The molecule has 0 saturated heterocycles. The molecule has 0 aromatic carbocycles. The van der Waals surface area contributed by atoms with Crippen LogP contribution in [-0.4, -0.2) is 15.9 Å². The number of rotatable bonds is 23. The number of carboxylic acids is 1. The summed E-state index contributed by atoms with van der Waals surface area (Å²) in [4.78, 5) is 10.3. The average Bonchev–Trinajstić information content (AvgIpc) is 2.74. The second kappa shape index (κ2) is 24.7. The number of hydrogen-bond acceptors (Lipinski definition) is 1. The zero-order valence-corrected chi connectivity index (χ0v) is 21.3. The largest absolute Gasteiger partial charge is 0.480 e. The molecule has 176 valence electrons. The first-order valence-electron chi connectivity index (χ1n) is 12.8. The molecule has 0 radical (unpaired) electrons. The lowest BCUT2D eigenvalue weighted by atomic mass is 10.0. The van der Waals surface area contributed by atoms with Gasteiger partial charge in [-0.3, -0.25) is 4.79 Å². The summed E-state index contributed by atoms with van der Waals surface area (Å²) in [5.41, 5.74) is 0. The van der Waals surface area contributed by atoms with Crippen LogP contribution < -0.4 is 0 Å². The molecule has 0 aliphatic heterocycles. The van der Waals surface area contributed by atoms with Crippen LogP contribution in [-0.2, 0) is 4.79 Å². The Morgan fingerprint density at radius 1 is 0.633 bits per heavy atom. The van der Waals surface area contributed by atoms with Gasteiger partial charge in [-0.2, -0.15) is 0 Å². The second-order valence-electron chi connectivity index (χ2n) is 8.64. The van der Waals surface area contributed by atoms with Crippen molar-refractivity contribution in [2.45, 2.75) is 140 Å². The average molecular weight is 486 g/mol. The summed E-state index contributed by atoms with van der Waals surface area (Å²) in [6, 6.07) is 0. The van der Waals surface area contributed by atoms with E-state index in [9.17, 15) is 4.79 Å². The molecule has 1 unspecified atom stereocenters. The fourth-order valence-electron chi connectivity index (χ4n) is 3.66. The minimum absolute atomic E-state index is 0.419. The summed E-state index contributed by atoms with van der Waals surface area (Å²) in [5.74, 6) is -0.773. The number of carboxylic acid groups (broad SMARTS) is 1. The third-order valence-corrected chi connectivity index (χ3v) is 6.51. The van der Waals surface area contributed by atoms with Crippen LogP contribution in [0, 0.1) is 0 Å². The van der Waals surface area contributed by atoms with Gasteiger partial charge in [0.2, 0.25) is 0 Å². The fourth-order valence-corrected chi connectivity index (χ4v) is 3.93. The summed E-state index contributed by atoms with van der Waals surface area (Å²) in [5, 5.41) is 8.78. The number of aliphatic carboxylic acids is 1. The molecule has 2 nitrogen and oxygen atoms in total. The van der Waals surface area contributed by atoms with Crippen molar-refractivity contribution in [3.63, 3.8) is 0 Å². The smallest absolute Gasteiger partial charge is 0.317 e. The van der Waals surface area contributed by atoms with Crippen LogP contribution in [0.1, 0.15) is 135 Å². The van der Waals surface area contributed by atoms with E-state index in [1.807, 2.05) is 0 Å². The number of halogens is 1.